The zero-order chi connectivity index (χ0) is 21.1. The van der Waals surface area contributed by atoms with E-state index in [1.807, 2.05) is 41.5 Å². The van der Waals surface area contributed by atoms with E-state index in [2.05, 4.69) is 0 Å². The molecule has 1 aliphatic heterocycles. The first kappa shape index (κ1) is 31.3. The van der Waals surface area contributed by atoms with Gasteiger partial charge >= 0.3 is 0 Å². The minimum atomic E-state index is -4.54. The molecule has 2 fully saturated rings. The Kier molecular flexibility index (Phi) is 14.5. The third-order valence-electron chi connectivity index (χ3n) is 5.17. The van der Waals surface area contributed by atoms with Crippen LogP contribution in [-0.4, -0.2) is 55.9 Å². The van der Waals surface area contributed by atoms with Crippen LogP contribution in [-0.2, 0) is 70.0 Å². The zero-order valence-electron chi connectivity index (χ0n) is 18.6. The summed E-state index contributed by atoms with van der Waals surface area (Å²) in [6, 6.07) is -0.183. The molecule has 1 saturated heterocycles. The van der Waals surface area contributed by atoms with Crippen molar-refractivity contribution in [3.8, 4) is 0 Å². The quantitative estimate of drug-likeness (QED) is 0.265. The Labute approximate surface area is 209 Å². The van der Waals surface area contributed by atoms with Crippen LogP contribution in [0.25, 0.3) is 0 Å². The van der Waals surface area contributed by atoms with Crippen LogP contribution in [0.1, 0.15) is 48.0 Å². The van der Waals surface area contributed by atoms with Crippen LogP contribution >= 0.6 is 7.82 Å². The van der Waals surface area contributed by atoms with Crippen molar-refractivity contribution in [3.05, 3.63) is 6.42 Å². The Morgan fingerprint density at radius 3 is 2.37 bits per heavy atom. The first-order valence-electron chi connectivity index (χ1n) is 10.2. The van der Waals surface area contributed by atoms with E-state index in [0.29, 0.717) is 0 Å². The first-order valence-corrected chi connectivity index (χ1v) is 11.6. The monoisotopic (exact) mass is 789 g/mol. The predicted octanol–water partition coefficient (Wildman–Crippen LogP) is 2.05. The molecule has 4 unspecified atom stereocenters. The van der Waals surface area contributed by atoms with E-state index in [-0.39, 0.29) is 97.6 Å². The van der Waals surface area contributed by atoms with Gasteiger partial charge in [0.15, 0.2) is 0 Å². The standard InChI is InChI=1S/C19H37NO7P.2W/c1-11(2)23-10-18-17(8-14(6)26-18)27-28(21,22)24-9-15-16(25-12(3)4)7-13(5)19(15)20;;/h8,11-19H,7,9-10,20H2,1-6H3,(H,21,22);;/q-1;;/p-1/t13-,14-,15+,16?,17?,18+,19?;;/m0../s1. The molecule has 1 saturated carbocycles. The Bertz CT molecular complexity index is 541. The van der Waals surface area contributed by atoms with Crippen LogP contribution in [0.15, 0.2) is 0 Å². The van der Waals surface area contributed by atoms with Gasteiger partial charge in [-0.25, -0.2) is 0 Å². The van der Waals surface area contributed by atoms with Crippen molar-refractivity contribution in [2.45, 2.75) is 90.6 Å². The molecule has 178 valence electrons. The minimum Gasteiger partial charge on any atom is -0.756 e. The molecular formula is C19H36NO7PW2-2. The normalized spacial score (nSPS) is 35.9. The second kappa shape index (κ2) is 13.9. The van der Waals surface area contributed by atoms with Crippen molar-refractivity contribution in [2.75, 3.05) is 13.2 Å². The molecule has 2 rings (SSSR count). The summed E-state index contributed by atoms with van der Waals surface area (Å²) < 4.78 is 40.1. The van der Waals surface area contributed by atoms with Crippen molar-refractivity contribution in [3.63, 3.8) is 0 Å². The van der Waals surface area contributed by atoms with Crippen molar-refractivity contribution >= 4 is 7.82 Å². The van der Waals surface area contributed by atoms with Gasteiger partial charge in [0, 0.05) is 54.1 Å². The van der Waals surface area contributed by atoms with E-state index in [4.69, 9.17) is 29.0 Å². The van der Waals surface area contributed by atoms with Crippen molar-refractivity contribution < 1.29 is 74.8 Å². The number of hydrogen-bond donors (Lipinski definition) is 1. The summed E-state index contributed by atoms with van der Waals surface area (Å²) in [5, 5.41) is 0. The molecule has 0 aromatic heterocycles. The minimum absolute atomic E-state index is 0. The maximum Gasteiger partial charge on any atom is 0.265 e. The molecule has 1 aliphatic carbocycles. The van der Waals surface area contributed by atoms with E-state index in [1.54, 1.807) is 6.42 Å². The molecule has 1 heterocycles. The average Bonchev–Trinajstić information content (AvgIpc) is 3.02. The molecule has 8 nitrogen and oxygen atoms in total. The fourth-order valence-corrected chi connectivity index (χ4v) is 4.68. The molecule has 2 N–H and O–H groups in total. The van der Waals surface area contributed by atoms with Gasteiger partial charge in [-0.15, -0.1) is 0 Å². The Hall–Kier alpha value is 1.33. The van der Waals surface area contributed by atoms with Crippen LogP contribution in [0, 0.1) is 18.3 Å². The van der Waals surface area contributed by atoms with E-state index >= 15 is 0 Å². The summed E-state index contributed by atoms with van der Waals surface area (Å²) >= 11 is 0. The van der Waals surface area contributed by atoms with Gasteiger partial charge in [0.1, 0.15) is 0 Å². The van der Waals surface area contributed by atoms with Crippen LogP contribution in [0.4, 0.5) is 0 Å². The average molecular weight is 789 g/mol. The van der Waals surface area contributed by atoms with Gasteiger partial charge in [-0.3, -0.25) is 11.0 Å². The molecule has 0 aromatic carbocycles. The molecule has 8 atom stereocenters. The van der Waals surface area contributed by atoms with Crippen molar-refractivity contribution in [1.29, 1.82) is 0 Å². The van der Waals surface area contributed by atoms with Crippen LogP contribution in [0.3, 0.4) is 0 Å². The number of ether oxygens (including phenoxy) is 3. The molecule has 0 amide bonds. The Morgan fingerprint density at radius 2 is 1.80 bits per heavy atom. The number of phosphoric acid groups is 1. The van der Waals surface area contributed by atoms with Crippen LogP contribution in [0.2, 0.25) is 0 Å². The molecular weight excluding hydrogens is 753 g/mol. The molecule has 0 aromatic rings. The van der Waals surface area contributed by atoms with Crippen molar-refractivity contribution in [1.82, 2.24) is 0 Å². The summed E-state index contributed by atoms with van der Waals surface area (Å²) in [4.78, 5) is 12.4. The molecule has 0 radical (unpaired) electrons. The Morgan fingerprint density at radius 1 is 1.17 bits per heavy atom. The smallest absolute Gasteiger partial charge is 0.265 e. The van der Waals surface area contributed by atoms with E-state index in [9.17, 15) is 9.46 Å². The Balaban J connectivity index is 0.00000420. The van der Waals surface area contributed by atoms with Crippen LogP contribution in [0.5, 0.6) is 0 Å². The second-order valence-electron chi connectivity index (χ2n) is 8.44. The molecule has 0 spiro atoms. The summed E-state index contributed by atoms with van der Waals surface area (Å²) in [6.45, 7) is 11.8. The fourth-order valence-electron chi connectivity index (χ4n) is 3.76. The first-order chi connectivity index (χ1) is 13.0. The predicted molar refractivity (Wildman–Crippen MR) is 103 cm³/mol. The topological polar surface area (TPSA) is 112 Å². The number of phosphoric ester groups is 1. The van der Waals surface area contributed by atoms with Gasteiger partial charge in [-0.05, 0) is 46.1 Å². The summed E-state index contributed by atoms with van der Waals surface area (Å²) in [7, 11) is -4.54. The van der Waals surface area contributed by atoms with Gasteiger partial charge < -0.3 is 33.9 Å². The van der Waals surface area contributed by atoms with Gasteiger partial charge in [-0.2, -0.15) is 0 Å². The largest absolute Gasteiger partial charge is 0.756 e. The van der Waals surface area contributed by atoms with E-state index in [0.717, 1.165) is 6.42 Å². The maximum absolute atomic E-state index is 12.4. The summed E-state index contributed by atoms with van der Waals surface area (Å²) in [5.41, 5.74) is 6.25. The van der Waals surface area contributed by atoms with Crippen molar-refractivity contribution in [2.24, 2.45) is 17.6 Å². The zero-order valence-corrected chi connectivity index (χ0v) is 25.4. The molecule has 11 heteroatoms. The van der Waals surface area contributed by atoms with Gasteiger partial charge in [0.25, 0.3) is 7.82 Å². The number of rotatable bonds is 10. The summed E-state index contributed by atoms with van der Waals surface area (Å²) in [5.74, 6) is 0.0327. The summed E-state index contributed by atoms with van der Waals surface area (Å²) in [6.07, 6.45) is 0.958. The van der Waals surface area contributed by atoms with Gasteiger partial charge in [0.05, 0.1) is 37.6 Å². The third-order valence-corrected chi connectivity index (χ3v) is 6.13. The van der Waals surface area contributed by atoms with E-state index in [1.165, 1.54) is 0 Å². The van der Waals surface area contributed by atoms with Gasteiger partial charge in [-0.1, -0.05) is 20.0 Å². The number of nitrogens with two attached hydrogens (primary N) is 1. The second-order valence-corrected chi connectivity index (χ2v) is 9.81. The third kappa shape index (κ3) is 9.67. The fraction of sp³-hybridized carbons (Fsp3) is 0.947. The maximum atomic E-state index is 12.4. The molecule has 2 aliphatic rings. The molecule has 0 bridgehead atoms. The van der Waals surface area contributed by atoms with Crippen LogP contribution < -0.4 is 10.6 Å². The number of hydrogen-bond acceptors (Lipinski definition) is 8. The van der Waals surface area contributed by atoms with Gasteiger partial charge in [0.2, 0.25) is 0 Å². The SMILES string of the molecule is CC(C)OC[C@H]1O[C@@H](C)[CH-]C1OP(=O)([O-])OC[C@@H]1C(OC(C)C)C[C@H](C)C1N.[W].[W]. The van der Waals surface area contributed by atoms with E-state index < -0.39 is 20.0 Å². The molecule has 30 heavy (non-hydrogen) atoms.